The molecule has 0 aliphatic rings. The summed E-state index contributed by atoms with van der Waals surface area (Å²) in [4.78, 5) is 35.3. The van der Waals surface area contributed by atoms with Crippen molar-refractivity contribution in [1.29, 1.82) is 0 Å². The zero-order valence-electron chi connectivity index (χ0n) is 16.4. The number of hydrogen-bond acceptors (Lipinski definition) is 3. The van der Waals surface area contributed by atoms with Crippen molar-refractivity contribution in [2.24, 2.45) is 0 Å². The van der Waals surface area contributed by atoms with Gasteiger partial charge in [-0.15, -0.1) is 0 Å². The van der Waals surface area contributed by atoms with E-state index in [0.29, 0.717) is 16.8 Å². The van der Waals surface area contributed by atoms with Gasteiger partial charge >= 0.3 is 11.9 Å². The molecule has 1 heterocycles. The minimum Gasteiger partial charge on any atom is -0.478 e. The molecule has 0 saturated carbocycles. The highest BCUT2D eigenvalue weighted by molar-refractivity contribution is 5.99. The van der Waals surface area contributed by atoms with Crippen LogP contribution in [0.25, 0.3) is 11.8 Å². The summed E-state index contributed by atoms with van der Waals surface area (Å²) in [5, 5.41) is 21.2. The molecular formula is C23H20N2O5. The minimum absolute atomic E-state index is 0.0926. The van der Waals surface area contributed by atoms with Crippen molar-refractivity contribution in [2.75, 3.05) is 0 Å². The number of nitrogens with zero attached hydrogens (tertiary/aromatic N) is 1. The van der Waals surface area contributed by atoms with E-state index in [0.717, 1.165) is 11.4 Å². The third-order valence-electron chi connectivity index (χ3n) is 4.63. The van der Waals surface area contributed by atoms with Crippen LogP contribution < -0.4 is 5.32 Å². The lowest BCUT2D eigenvalue weighted by Gasteiger charge is -2.14. The first kappa shape index (κ1) is 20.6. The van der Waals surface area contributed by atoms with E-state index in [1.807, 2.05) is 26.0 Å². The molecule has 0 spiro atoms. The van der Waals surface area contributed by atoms with Gasteiger partial charge in [0.1, 0.15) is 0 Å². The van der Waals surface area contributed by atoms with E-state index < -0.39 is 17.8 Å². The topological polar surface area (TPSA) is 109 Å². The maximum absolute atomic E-state index is 12.6. The average molecular weight is 404 g/mol. The number of hydrogen-bond donors (Lipinski definition) is 3. The van der Waals surface area contributed by atoms with E-state index >= 15 is 0 Å². The lowest BCUT2D eigenvalue weighted by atomic mass is 10.1. The molecule has 3 rings (SSSR count). The largest absolute Gasteiger partial charge is 0.478 e. The summed E-state index contributed by atoms with van der Waals surface area (Å²) in [6.45, 7) is 3.72. The lowest BCUT2D eigenvalue weighted by Crippen LogP contribution is -2.18. The first-order valence-corrected chi connectivity index (χ1v) is 9.11. The predicted molar refractivity (Wildman–Crippen MR) is 112 cm³/mol. The minimum atomic E-state index is -1.08. The molecule has 2 aromatic carbocycles. The highest BCUT2D eigenvalue weighted by atomic mass is 16.4. The molecule has 0 saturated heterocycles. The Kier molecular flexibility index (Phi) is 5.83. The summed E-state index contributed by atoms with van der Waals surface area (Å²) >= 11 is 0. The van der Waals surface area contributed by atoms with Gasteiger partial charge in [-0.2, -0.15) is 0 Å². The van der Waals surface area contributed by atoms with E-state index in [4.69, 9.17) is 5.11 Å². The number of carbonyl (C=O) groups excluding carboxylic acids is 1. The number of nitrogens with one attached hydrogen (secondary N) is 1. The third kappa shape index (κ3) is 4.30. The monoisotopic (exact) mass is 404 g/mol. The number of rotatable bonds is 6. The molecule has 3 N–H and O–H groups in total. The van der Waals surface area contributed by atoms with Crippen LogP contribution >= 0.6 is 0 Å². The Morgan fingerprint density at radius 3 is 2.20 bits per heavy atom. The van der Waals surface area contributed by atoms with Crippen molar-refractivity contribution in [3.63, 3.8) is 0 Å². The number of carbonyl (C=O) groups is 3. The van der Waals surface area contributed by atoms with Gasteiger partial charge in [-0.3, -0.25) is 4.79 Å². The molecule has 7 nitrogen and oxygen atoms in total. The van der Waals surface area contributed by atoms with Crippen molar-refractivity contribution < 1.29 is 24.6 Å². The molecule has 0 aliphatic heterocycles. The first-order chi connectivity index (χ1) is 14.3. The zero-order chi connectivity index (χ0) is 21.8. The van der Waals surface area contributed by atoms with Gasteiger partial charge in [0.15, 0.2) is 0 Å². The molecule has 1 amide bonds. The van der Waals surface area contributed by atoms with Gasteiger partial charge < -0.3 is 20.1 Å². The summed E-state index contributed by atoms with van der Waals surface area (Å²) < 4.78 is 1.79. The Morgan fingerprint density at radius 1 is 0.867 bits per heavy atom. The Morgan fingerprint density at radius 2 is 1.57 bits per heavy atom. The van der Waals surface area contributed by atoms with E-state index in [2.05, 4.69) is 5.32 Å². The van der Waals surface area contributed by atoms with Crippen LogP contribution in [0.3, 0.4) is 0 Å². The predicted octanol–water partition coefficient (Wildman–Crippen LogP) is 3.89. The molecular weight excluding hydrogens is 384 g/mol. The van der Waals surface area contributed by atoms with Crippen LogP contribution in [0.4, 0.5) is 0 Å². The van der Waals surface area contributed by atoms with Gasteiger partial charge in [-0.25, -0.2) is 9.59 Å². The molecule has 3 aromatic rings. The second-order valence-corrected chi connectivity index (χ2v) is 6.73. The molecule has 0 aliphatic carbocycles. The number of carboxylic acids is 2. The van der Waals surface area contributed by atoms with Crippen LogP contribution in [0.2, 0.25) is 0 Å². The molecule has 152 valence electrons. The van der Waals surface area contributed by atoms with Crippen molar-refractivity contribution in [3.8, 4) is 5.69 Å². The van der Waals surface area contributed by atoms with Crippen molar-refractivity contribution in [1.82, 2.24) is 9.88 Å². The van der Waals surface area contributed by atoms with Crippen LogP contribution in [0, 0.1) is 13.8 Å². The Balaban J connectivity index is 1.86. The molecule has 0 bridgehead atoms. The van der Waals surface area contributed by atoms with Gasteiger partial charge in [-0.1, -0.05) is 12.1 Å². The average Bonchev–Trinajstić information content (AvgIpc) is 3.05. The normalized spacial score (nSPS) is 10.9. The van der Waals surface area contributed by atoms with E-state index in [-0.39, 0.29) is 11.1 Å². The van der Waals surface area contributed by atoms with Crippen LogP contribution in [-0.4, -0.2) is 32.6 Å². The Labute approximate surface area is 172 Å². The third-order valence-corrected chi connectivity index (χ3v) is 4.63. The van der Waals surface area contributed by atoms with E-state index in [9.17, 15) is 19.5 Å². The second-order valence-electron chi connectivity index (χ2n) is 6.73. The number of carboxylic acid groups (broad SMARTS) is 2. The first-order valence-electron chi connectivity index (χ1n) is 9.11. The number of amides is 1. The highest BCUT2D eigenvalue weighted by Gasteiger charge is 2.17. The van der Waals surface area contributed by atoms with Crippen molar-refractivity contribution in [3.05, 3.63) is 94.4 Å². The number of aromatic nitrogens is 1. The summed E-state index contributed by atoms with van der Waals surface area (Å²) in [7, 11) is 0. The molecule has 30 heavy (non-hydrogen) atoms. The van der Waals surface area contributed by atoms with Gasteiger partial charge in [0.05, 0.1) is 16.8 Å². The summed E-state index contributed by atoms with van der Waals surface area (Å²) in [6.07, 6.45) is 3.00. The maximum Gasteiger partial charge on any atom is 0.337 e. The van der Waals surface area contributed by atoms with Gasteiger partial charge in [-0.05, 0) is 68.0 Å². The molecule has 0 unspecified atom stereocenters. The van der Waals surface area contributed by atoms with E-state index in [1.54, 1.807) is 22.8 Å². The number of aromatic carboxylic acids is 2. The van der Waals surface area contributed by atoms with E-state index in [1.165, 1.54) is 36.5 Å². The Hall–Kier alpha value is -4.13. The number of aryl methyl sites for hydroxylation is 2. The van der Waals surface area contributed by atoms with Crippen LogP contribution in [0.5, 0.6) is 0 Å². The quantitative estimate of drug-likeness (QED) is 0.578. The lowest BCUT2D eigenvalue weighted by molar-refractivity contribution is 0.0686. The summed E-state index contributed by atoms with van der Waals surface area (Å²) in [6, 6.07) is 14.5. The van der Waals surface area contributed by atoms with Gasteiger partial charge in [0.2, 0.25) is 0 Å². The zero-order valence-corrected chi connectivity index (χ0v) is 16.4. The SMILES string of the molecule is Cc1ccc(C)n1-c1cc(C(=O)N/C=C/c2cccc(C(=O)O)c2)ccc1C(=O)O. The standard InChI is InChI=1S/C23H20N2O5/c1-14-6-7-15(2)25(14)20-13-17(8-9-19(20)23(29)30)21(26)24-11-10-16-4-3-5-18(12-16)22(27)28/h3-13H,1-2H3,(H,24,26)(H,27,28)(H,29,30)/b11-10+. The number of benzene rings is 2. The fraction of sp³-hybridized carbons (Fsp3) is 0.0870. The smallest absolute Gasteiger partial charge is 0.337 e. The fourth-order valence-electron chi connectivity index (χ4n) is 3.16. The fourth-order valence-corrected chi connectivity index (χ4v) is 3.16. The molecule has 0 atom stereocenters. The molecule has 0 fully saturated rings. The van der Waals surface area contributed by atoms with Crippen molar-refractivity contribution in [2.45, 2.75) is 13.8 Å². The molecule has 7 heteroatoms. The van der Waals surface area contributed by atoms with Crippen LogP contribution in [0.15, 0.2) is 60.8 Å². The Bertz CT molecular complexity index is 1150. The summed E-state index contributed by atoms with van der Waals surface area (Å²) in [5.74, 6) is -2.53. The highest BCUT2D eigenvalue weighted by Crippen LogP contribution is 2.22. The maximum atomic E-state index is 12.6. The van der Waals surface area contributed by atoms with Gasteiger partial charge in [0, 0.05) is 23.2 Å². The second kappa shape index (κ2) is 8.48. The molecule has 1 aromatic heterocycles. The summed E-state index contributed by atoms with van der Waals surface area (Å²) in [5.41, 5.74) is 3.27. The van der Waals surface area contributed by atoms with Gasteiger partial charge in [0.25, 0.3) is 5.91 Å². The van der Waals surface area contributed by atoms with Crippen LogP contribution in [-0.2, 0) is 0 Å². The molecule has 0 radical (unpaired) electrons. The van der Waals surface area contributed by atoms with Crippen LogP contribution in [0.1, 0.15) is 48.0 Å². The van der Waals surface area contributed by atoms with Crippen molar-refractivity contribution >= 4 is 23.9 Å².